The van der Waals surface area contributed by atoms with Crippen LogP contribution < -0.4 is 5.73 Å². The SMILES string of the molecule is NC(=NO)C1CCCN1Cc1nccs1. The van der Waals surface area contributed by atoms with Gasteiger partial charge in [0.05, 0.1) is 12.6 Å². The maximum atomic E-state index is 8.66. The van der Waals surface area contributed by atoms with Crippen molar-refractivity contribution in [3.63, 3.8) is 0 Å². The van der Waals surface area contributed by atoms with Crippen LogP contribution in [-0.2, 0) is 6.54 Å². The zero-order chi connectivity index (χ0) is 10.7. The quantitative estimate of drug-likeness (QED) is 0.347. The topological polar surface area (TPSA) is 74.7 Å². The summed E-state index contributed by atoms with van der Waals surface area (Å²) >= 11 is 1.64. The molecule has 1 saturated heterocycles. The van der Waals surface area contributed by atoms with Crippen LogP contribution in [0, 0.1) is 0 Å². The van der Waals surface area contributed by atoms with Crippen LogP contribution in [0.4, 0.5) is 0 Å². The third-order valence-electron chi connectivity index (χ3n) is 2.64. The summed E-state index contributed by atoms with van der Waals surface area (Å²) in [6.07, 6.45) is 3.85. The van der Waals surface area contributed by atoms with Crippen LogP contribution in [0.25, 0.3) is 0 Å². The van der Waals surface area contributed by atoms with Crippen LogP contribution in [-0.4, -0.2) is 33.5 Å². The molecule has 6 heteroatoms. The van der Waals surface area contributed by atoms with Crippen LogP contribution in [0.5, 0.6) is 0 Å². The lowest BCUT2D eigenvalue weighted by molar-refractivity contribution is 0.274. The molecule has 0 aliphatic carbocycles. The van der Waals surface area contributed by atoms with Crippen LogP contribution in [0.3, 0.4) is 0 Å². The molecule has 0 amide bonds. The number of hydrogen-bond donors (Lipinski definition) is 2. The average Bonchev–Trinajstić information content (AvgIpc) is 2.88. The molecule has 15 heavy (non-hydrogen) atoms. The van der Waals surface area contributed by atoms with E-state index in [2.05, 4.69) is 15.0 Å². The Morgan fingerprint density at radius 2 is 2.67 bits per heavy atom. The molecular weight excluding hydrogens is 212 g/mol. The van der Waals surface area contributed by atoms with Crippen molar-refractivity contribution in [2.24, 2.45) is 10.9 Å². The minimum Gasteiger partial charge on any atom is -0.409 e. The molecule has 1 aromatic heterocycles. The van der Waals surface area contributed by atoms with Crippen LogP contribution >= 0.6 is 11.3 Å². The number of aromatic nitrogens is 1. The third kappa shape index (κ3) is 2.27. The zero-order valence-corrected chi connectivity index (χ0v) is 9.15. The van der Waals surface area contributed by atoms with Gasteiger partial charge in [0.1, 0.15) is 5.01 Å². The van der Waals surface area contributed by atoms with Gasteiger partial charge < -0.3 is 10.9 Å². The van der Waals surface area contributed by atoms with E-state index in [0.717, 1.165) is 30.9 Å². The fourth-order valence-corrected chi connectivity index (χ4v) is 2.56. The van der Waals surface area contributed by atoms with E-state index in [9.17, 15) is 0 Å². The predicted octanol–water partition coefficient (Wildman–Crippen LogP) is 0.854. The first-order valence-corrected chi connectivity index (χ1v) is 5.79. The van der Waals surface area contributed by atoms with Crippen molar-refractivity contribution in [2.45, 2.75) is 25.4 Å². The minimum atomic E-state index is 0.0684. The van der Waals surface area contributed by atoms with E-state index in [4.69, 9.17) is 10.9 Å². The second kappa shape index (κ2) is 4.59. The number of nitrogens with zero attached hydrogens (tertiary/aromatic N) is 3. The van der Waals surface area contributed by atoms with Gasteiger partial charge >= 0.3 is 0 Å². The van der Waals surface area contributed by atoms with Crippen molar-refractivity contribution in [1.29, 1.82) is 0 Å². The highest BCUT2D eigenvalue weighted by atomic mass is 32.1. The molecule has 0 aromatic carbocycles. The summed E-state index contributed by atoms with van der Waals surface area (Å²) in [6.45, 7) is 1.78. The number of amidine groups is 1. The molecule has 5 nitrogen and oxygen atoms in total. The van der Waals surface area contributed by atoms with E-state index in [1.165, 1.54) is 0 Å². The first-order chi connectivity index (χ1) is 7.31. The molecular formula is C9H14N4OS. The lowest BCUT2D eigenvalue weighted by atomic mass is 10.2. The molecule has 0 bridgehead atoms. The van der Waals surface area contributed by atoms with Gasteiger partial charge in [0.2, 0.25) is 0 Å². The monoisotopic (exact) mass is 226 g/mol. The van der Waals surface area contributed by atoms with E-state index in [1.807, 2.05) is 5.38 Å². The molecule has 1 fully saturated rings. The lowest BCUT2D eigenvalue weighted by Crippen LogP contribution is -2.40. The Hall–Kier alpha value is -1.14. The van der Waals surface area contributed by atoms with Crippen molar-refractivity contribution in [3.05, 3.63) is 16.6 Å². The van der Waals surface area contributed by atoms with E-state index in [-0.39, 0.29) is 6.04 Å². The lowest BCUT2D eigenvalue weighted by Gasteiger charge is -2.21. The van der Waals surface area contributed by atoms with Crippen LogP contribution in [0.15, 0.2) is 16.7 Å². The number of hydrogen-bond acceptors (Lipinski definition) is 5. The predicted molar refractivity (Wildman–Crippen MR) is 59.0 cm³/mol. The van der Waals surface area contributed by atoms with Crippen molar-refractivity contribution in [1.82, 2.24) is 9.88 Å². The normalized spacial score (nSPS) is 23.5. The first-order valence-electron chi connectivity index (χ1n) is 4.91. The van der Waals surface area contributed by atoms with Gasteiger partial charge in [0, 0.05) is 11.6 Å². The van der Waals surface area contributed by atoms with E-state index in [1.54, 1.807) is 17.5 Å². The second-order valence-corrected chi connectivity index (χ2v) is 4.56. The average molecular weight is 226 g/mol. The van der Waals surface area contributed by atoms with Crippen molar-refractivity contribution < 1.29 is 5.21 Å². The van der Waals surface area contributed by atoms with Gasteiger partial charge in [-0.05, 0) is 19.4 Å². The van der Waals surface area contributed by atoms with Gasteiger partial charge in [-0.1, -0.05) is 5.16 Å². The van der Waals surface area contributed by atoms with Crippen molar-refractivity contribution in [2.75, 3.05) is 6.54 Å². The first kappa shape index (κ1) is 10.4. The van der Waals surface area contributed by atoms with Gasteiger partial charge in [0.25, 0.3) is 0 Å². The highest BCUT2D eigenvalue weighted by molar-refractivity contribution is 7.09. The molecule has 0 spiro atoms. The molecule has 1 aliphatic rings. The number of likely N-dealkylation sites (tertiary alicyclic amines) is 1. The number of rotatable bonds is 3. The molecule has 1 aromatic rings. The molecule has 0 radical (unpaired) electrons. The standard InChI is InChI=1S/C9H14N4OS/c10-9(12-14)7-2-1-4-13(7)6-8-11-3-5-15-8/h3,5,7,14H,1-2,4,6H2,(H2,10,12). The minimum absolute atomic E-state index is 0.0684. The largest absolute Gasteiger partial charge is 0.409 e. The third-order valence-corrected chi connectivity index (χ3v) is 3.41. The fourth-order valence-electron chi connectivity index (χ4n) is 1.92. The second-order valence-electron chi connectivity index (χ2n) is 3.58. The molecule has 82 valence electrons. The summed E-state index contributed by atoms with van der Waals surface area (Å²) in [5.74, 6) is 0.309. The summed E-state index contributed by atoms with van der Waals surface area (Å²) < 4.78 is 0. The zero-order valence-electron chi connectivity index (χ0n) is 8.33. The maximum absolute atomic E-state index is 8.66. The summed E-state index contributed by atoms with van der Waals surface area (Å²) in [5.41, 5.74) is 5.64. The number of thiazole rings is 1. The molecule has 2 rings (SSSR count). The maximum Gasteiger partial charge on any atom is 0.156 e. The Morgan fingerprint density at radius 1 is 1.80 bits per heavy atom. The summed E-state index contributed by atoms with van der Waals surface area (Å²) in [5, 5.41) is 14.8. The van der Waals surface area contributed by atoms with Crippen molar-refractivity contribution >= 4 is 17.2 Å². The summed E-state index contributed by atoms with van der Waals surface area (Å²) in [7, 11) is 0. The Morgan fingerprint density at radius 3 is 3.33 bits per heavy atom. The number of oxime groups is 1. The molecule has 0 saturated carbocycles. The van der Waals surface area contributed by atoms with Gasteiger partial charge in [0.15, 0.2) is 5.84 Å². The van der Waals surface area contributed by atoms with E-state index < -0.39 is 0 Å². The number of nitrogens with two attached hydrogens (primary N) is 1. The van der Waals surface area contributed by atoms with E-state index >= 15 is 0 Å². The fraction of sp³-hybridized carbons (Fsp3) is 0.556. The molecule has 1 aliphatic heterocycles. The van der Waals surface area contributed by atoms with Crippen molar-refractivity contribution in [3.8, 4) is 0 Å². The van der Waals surface area contributed by atoms with Gasteiger partial charge in [-0.15, -0.1) is 11.3 Å². The Balaban J connectivity index is 2.02. The smallest absolute Gasteiger partial charge is 0.156 e. The highest BCUT2D eigenvalue weighted by Crippen LogP contribution is 2.20. The summed E-state index contributed by atoms with van der Waals surface area (Å²) in [6, 6.07) is 0.0684. The molecule has 3 N–H and O–H groups in total. The molecule has 1 atom stereocenters. The van der Waals surface area contributed by atoms with Gasteiger partial charge in [-0.2, -0.15) is 0 Å². The molecule has 1 unspecified atom stereocenters. The van der Waals surface area contributed by atoms with Gasteiger partial charge in [-0.25, -0.2) is 4.98 Å². The van der Waals surface area contributed by atoms with Crippen LogP contribution in [0.1, 0.15) is 17.8 Å². The highest BCUT2D eigenvalue weighted by Gasteiger charge is 2.28. The molecule has 2 heterocycles. The van der Waals surface area contributed by atoms with Crippen LogP contribution in [0.2, 0.25) is 0 Å². The Kier molecular flexibility index (Phi) is 3.17. The van der Waals surface area contributed by atoms with E-state index in [0.29, 0.717) is 5.84 Å². The Bertz CT molecular complexity index is 338. The summed E-state index contributed by atoms with van der Waals surface area (Å²) in [4.78, 5) is 6.44. The van der Waals surface area contributed by atoms with Gasteiger partial charge in [-0.3, -0.25) is 4.90 Å². The Labute approximate surface area is 92.2 Å².